The highest BCUT2D eigenvalue weighted by Crippen LogP contribution is 2.28. The molecular weight excluding hydrogens is 288 g/mol. The van der Waals surface area contributed by atoms with Crippen molar-refractivity contribution in [1.29, 1.82) is 0 Å². The smallest absolute Gasteiger partial charge is 0.263 e. The van der Waals surface area contributed by atoms with Crippen LogP contribution in [0.5, 0.6) is 5.75 Å². The molecule has 1 saturated carbocycles. The van der Waals surface area contributed by atoms with E-state index in [1.165, 1.54) is 12.8 Å². The first-order valence-electron chi connectivity index (χ1n) is 8.87. The van der Waals surface area contributed by atoms with Crippen molar-refractivity contribution in [2.45, 2.75) is 51.7 Å². The molecule has 0 aromatic heterocycles. The van der Waals surface area contributed by atoms with Crippen molar-refractivity contribution < 1.29 is 9.53 Å². The zero-order valence-corrected chi connectivity index (χ0v) is 14.3. The van der Waals surface area contributed by atoms with Crippen LogP contribution in [0.25, 0.3) is 0 Å². The van der Waals surface area contributed by atoms with Crippen molar-refractivity contribution in [2.24, 2.45) is 5.92 Å². The summed E-state index contributed by atoms with van der Waals surface area (Å²) in [6, 6.07) is 8.44. The van der Waals surface area contributed by atoms with E-state index in [-0.39, 0.29) is 5.91 Å². The normalized spacial score (nSPS) is 20.3. The van der Waals surface area contributed by atoms with Crippen molar-refractivity contribution >= 4 is 5.91 Å². The van der Waals surface area contributed by atoms with Crippen molar-refractivity contribution in [3.8, 4) is 5.75 Å². The number of carbonyl (C=O) groups is 1. The fourth-order valence-electron chi connectivity index (χ4n) is 3.16. The first-order chi connectivity index (χ1) is 11.1. The number of nitrogens with zero attached hydrogens (tertiary/aromatic N) is 1. The number of hydrogen-bond acceptors (Lipinski definition) is 3. The fraction of sp³-hybridized carbons (Fsp3) is 0.632. The van der Waals surface area contributed by atoms with Crippen molar-refractivity contribution in [3.63, 3.8) is 0 Å². The molecule has 1 heterocycles. The molecule has 0 spiro atoms. The third kappa shape index (κ3) is 4.71. The van der Waals surface area contributed by atoms with Gasteiger partial charge in [-0.3, -0.25) is 4.79 Å². The molecule has 0 radical (unpaired) electrons. The summed E-state index contributed by atoms with van der Waals surface area (Å²) in [6.07, 6.45) is 4.45. The van der Waals surface area contributed by atoms with Gasteiger partial charge < -0.3 is 15.0 Å². The van der Waals surface area contributed by atoms with Gasteiger partial charge in [-0.2, -0.15) is 0 Å². The second-order valence-corrected chi connectivity index (χ2v) is 7.03. The van der Waals surface area contributed by atoms with Gasteiger partial charge in [-0.15, -0.1) is 0 Å². The maximum Gasteiger partial charge on any atom is 0.263 e. The predicted octanol–water partition coefficient (Wildman–Crippen LogP) is 2.75. The van der Waals surface area contributed by atoms with Gasteiger partial charge in [-0.05, 0) is 69.7 Å². The van der Waals surface area contributed by atoms with E-state index in [9.17, 15) is 4.79 Å². The number of benzene rings is 1. The van der Waals surface area contributed by atoms with Crippen LogP contribution in [0, 0.1) is 12.8 Å². The Balaban J connectivity index is 1.44. The van der Waals surface area contributed by atoms with E-state index in [2.05, 4.69) is 5.32 Å². The first kappa shape index (κ1) is 16.3. The fourth-order valence-corrected chi connectivity index (χ4v) is 3.16. The molecular formula is C19H28N2O2. The highest BCUT2D eigenvalue weighted by molar-refractivity contribution is 5.81. The summed E-state index contributed by atoms with van der Waals surface area (Å²) in [5, 5.41) is 3.65. The van der Waals surface area contributed by atoms with Gasteiger partial charge in [0.05, 0.1) is 0 Å². The molecule has 4 heteroatoms. The van der Waals surface area contributed by atoms with Crippen LogP contribution in [0.2, 0.25) is 0 Å². The van der Waals surface area contributed by atoms with E-state index in [1.807, 2.05) is 43.0 Å². The Morgan fingerprint density at radius 2 is 2.04 bits per heavy atom. The Bertz CT molecular complexity index is 534. The van der Waals surface area contributed by atoms with Crippen LogP contribution in [-0.4, -0.2) is 42.6 Å². The third-order valence-electron chi connectivity index (χ3n) is 4.85. The van der Waals surface area contributed by atoms with Gasteiger partial charge in [0.2, 0.25) is 0 Å². The highest BCUT2D eigenvalue weighted by atomic mass is 16.5. The number of hydrogen-bond donors (Lipinski definition) is 1. The number of ether oxygens (including phenoxy) is 1. The number of aryl methyl sites for hydroxylation is 1. The van der Waals surface area contributed by atoms with Crippen LogP contribution in [0.1, 0.15) is 38.2 Å². The van der Waals surface area contributed by atoms with Gasteiger partial charge in [0, 0.05) is 19.1 Å². The quantitative estimate of drug-likeness (QED) is 0.877. The largest absolute Gasteiger partial charge is 0.481 e. The molecule has 1 amide bonds. The molecule has 1 aliphatic carbocycles. The Hall–Kier alpha value is -1.55. The predicted molar refractivity (Wildman–Crippen MR) is 91.6 cm³/mol. The third-order valence-corrected chi connectivity index (χ3v) is 4.85. The van der Waals surface area contributed by atoms with Gasteiger partial charge in [0.1, 0.15) is 5.75 Å². The van der Waals surface area contributed by atoms with Crippen LogP contribution in [-0.2, 0) is 4.79 Å². The molecule has 1 atom stereocenters. The molecule has 1 unspecified atom stereocenters. The highest BCUT2D eigenvalue weighted by Gasteiger charge is 2.28. The standard InChI is InChI=1S/C19H28N2O2/c1-14-4-3-5-18(12-14)23-15(2)19(22)21-10-8-17(9-11-21)20-13-16-6-7-16/h3-5,12,15-17,20H,6-11,13H2,1-2H3. The number of piperidine rings is 1. The summed E-state index contributed by atoms with van der Waals surface area (Å²) < 4.78 is 5.82. The second-order valence-electron chi connectivity index (χ2n) is 7.03. The monoisotopic (exact) mass is 316 g/mol. The van der Waals surface area contributed by atoms with Crippen LogP contribution in [0.4, 0.5) is 0 Å². The molecule has 23 heavy (non-hydrogen) atoms. The summed E-state index contributed by atoms with van der Waals surface area (Å²) in [5.41, 5.74) is 1.14. The molecule has 1 aliphatic heterocycles. The molecule has 4 nitrogen and oxygen atoms in total. The molecule has 1 aromatic carbocycles. The molecule has 126 valence electrons. The maximum atomic E-state index is 12.6. The van der Waals surface area contributed by atoms with Gasteiger partial charge in [-0.25, -0.2) is 0 Å². The van der Waals surface area contributed by atoms with Crippen molar-refractivity contribution in [3.05, 3.63) is 29.8 Å². The summed E-state index contributed by atoms with van der Waals surface area (Å²) in [7, 11) is 0. The maximum absolute atomic E-state index is 12.6. The van der Waals surface area contributed by atoms with E-state index >= 15 is 0 Å². The Kier molecular flexibility index (Phi) is 5.21. The molecule has 0 bridgehead atoms. The molecule has 1 saturated heterocycles. The molecule has 3 rings (SSSR count). The number of carbonyl (C=O) groups excluding carboxylic acids is 1. The minimum Gasteiger partial charge on any atom is -0.481 e. The number of rotatable bonds is 6. The van der Waals surface area contributed by atoms with Crippen LogP contribution in [0.15, 0.2) is 24.3 Å². The Labute approximate surface area is 139 Å². The van der Waals surface area contributed by atoms with E-state index in [4.69, 9.17) is 4.74 Å². The minimum atomic E-state index is -0.423. The lowest BCUT2D eigenvalue weighted by atomic mass is 10.0. The van der Waals surface area contributed by atoms with Crippen LogP contribution < -0.4 is 10.1 Å². The summed E-state index contributed by atoms with van der Waals surface area (Å²) in [6.45, 7) is 6.71. The van der Waals surface area contributed by atoms with Gasteiger partial charge in [0.25, 0.3) is 5.91 Å². The topological polar surface area (TPSA) is 41.6 Å². The van der Waals surface area contributed by atoms with Gasteiger partial charge in [0.15, 0.2) is 6.10 Å². The second kappa shape index (κ2) is 7.35. The van der Waals surface area contributed by atoms with E-state index < -0.39 is 6.10 Å². The first-order valence-corrected chi connectivity index (χ1v) is 8.87. The van der Waals surface area contributed by atoms with Gasteiger partial charge >= 0.3 is 0 Å². The lowest BCUT2D eigenvalue weighted by molar-refractivity contribution is -0.139. The summed E-state index contributed by atoms with van der Waals surface area (Å²) in [4.78, 5) is 14.5. The van der Waals surface area contributed by atoms with Crippen molar-refractivity contribution in [1.82, 2.24) is 10.2 Å². The van der Waals surface area contributed by atoms with Crippen molar-refractivity contribution in [2.75, 3.05) is 19.6 Å². The molecule has 1 N–H and O–H groups in total. The lowest BCUT2D eigenvalue weighted by Gasteiger charge is -2.34. The zero-order chi connectivity index (χ0) is 16.2. The Morgan fingerprint density at radius 3 is 2.70 bits per heavy atom. The number of amides is 1. The van der Waals surface area contributed by atoms with E-state index in [0.29, 0.717) is 6.04 Å². The minimum absolute atomic E-state index is 0.104. The molecule has 2 aliphatic rings. The molecule has 1 aromatic rings. The average Bonchev–Trinajstić information content (AvgIpc) is 3.37. The molecule has 2 fully saturated rings. The zero-order valence-electron chi connectivity index (χ0n) is 14.3. The lowest BCUT2D eigenvalue weighted by Crippen LogP contribution is -2.48. The average molecular weight is 316 g/mol. The summed E-state index contributed by atoms with van der Waals surface area (Å²) in [5.74, 6) is 1.79. The van der Waals surface area contributed by atoms with Crippen LogP contribution >= 0.6 is 0 Å². The Morgan fingerprint density at radius 1 is 1.30 bits per heavy atom. The number of nitrogens with one attached hydrogen (secondary N) is 1. The summed E-state index contributed by atoms with van der Waals surface area (Å²) >= 11 is 0. The van der Waals surface area contributed by atoms with Crippen LogP contribution in [0.3, 0.4) is 0 Å². The number of likely N-dealkylation sites (tertiary alicyclic amines) is 1. The van der Waals surface area contributed by atoms with Gasteiger partial charge in [-0.1, -0.05) is 12.1 Å². The van der Waals surface area contributed by atoms with E-state index in [0.717, 1.165) is 49.7 Å². The van der Waals surface area contributed by atoms with E-state index in [1.54, 1.807) is 0 Å². The SMILES string of the molecule is Cc1cccc(OC(C)C(=O)N2CCC(NCC3CC3)CC2)c1.